The quantitative estimate of drug-likeness (QED) is 0.444. The number of aromatic amines is 1. The van der Waals surface area contributed by atoms with Crippen LogP contribution in [0.1, 0.15) is 11.1 Å². The van der Waals surface area contributed by atoms with Crippen molar-refractivity contribution in [3.63, 3.8) is 0 Å². The predicted molar refractivity (Wildman–Crippen MR) is 127 cm³/mol. The van der Waals surface area contributed by atoms with Crippen LogP contribution in [0.5, 0.6) is 5.75 Å². The second kappa shape index (κ2) is 9.83. The molecule has 0 fully saturated rings. The summed E-state index contributed by atoms with van der Waals surface area (Å²) < 4.78 is 5.24. The highest BCUT2D eigenvalue weighted by Crippen LogP contribution is 2.19. The third-order valence-corrected chi connectivity index (χ3v) is 5.32. The van der Waals surface area contributed by atoms with Gasteiger partial charge in [0.1, 0.15) is 5.75 Å². The number of anilines is 1. The van der Waals surface area contributed by atoms with Crippen LogP contribution in [-0.2, 0) is 13.0 Å². The van der Waals surface area contributed by atoms with E-state index in [1.165, 1.54) is 0 Å². The van der Waals surface area contributed by atoms with Gasteiger partial charge in [-0.2, -0.15) is 0 Å². The van der Waals surface area contributed by atoms with Crippen LogP contribution in [0.25, 0.3) is 10.9 Å². The Bertz CT molecular complexity index is 1250. The maximum absolute atomic E-state index is 13.1. The lowest BCUT2D eigenvalue weighted by molar-refractivity contribution is 0.209. The highest BCUT2D eigenvalue weighted by Gasteiger charge is 2.17. The average Bonchev–Trinajstić information content (AvgIpc) is 2.82. The number of hydrogen-bond acceptors (Lipinski definition) is 3. The number of methoxy groups -OCH3 is 1. The zero-order valence-corrected chi connectivity index (χ0v) is 17.9. The summed E-state index contributed by atoms with van der Waals surface area (Å²) >= 11 is 0. The molecule has 32 heavy (non-hydrogen) atoms. The minimum Gasteiger partial charge on any atom is -0.497 e. The molecule has 0 unspecified atom stereocenters. The molecule has 0 atom stereocenters. The Labute approximate surface area is 186 Å². The number of pyridine rings is 1. The van der Waals surface area contributed by atoms with Gasteiger partial charge < -0.3 is 19.9 Å². The molecule has 1 aromatic heterocycles. The van der Waals surface area contributed by atoms with Crippen molar-refractivity contribution in [3.05, 3.63) is 106 Å². The van der Waals surface area contributed by atoms with Crippen LogP contribution in [0.3, 0.4) is 0 Å². The molecule has 0 aliphatic rings. The van der Waals surface area contributed by atoms with E-state index in [9.17, 15) is 9.59 Å². The zero-order chi connectivity index (χ0) is 22.3. The van der Waals surface area contributed by atoms with E-state index in [2.05, 4.69) is 10.3 Å². The number of fused-ring (bicyclic) bond motifs is 1. The van der Waals surface area contributed by atoms with E-state index in [1.54, 1.807) is 18.1 Å². The molecule has 1 heterocycles. The number of para-hydroxylation sites is 1. The average molecular weight is 428 g/mol. The largest absolute Gasteiger partial charge is 0.497 e. The topological polar surface area (TPSA) is 74.4 Å². The fraction of sp³-hybridized carbons (Fsp3) is 0.154. The minimum absolute atomic E-state index is 0.197. The van der Waals surface area contributed by atoms with Crippen molar-refractivity contribution in [1.82, 2.24) is 9.88 Å². The molecule has 0 aliphatic carbocycles. The third kappa shape index (κ3) is 5.16. The summed E-state index contributed by atoms with van der Waals surface area (Å²) in [6.07, 6.45) is 0.686. The van der Waals surface area contributed by atoms with Crippen LogP contribution in [0.4, 0.5) is 10.5 Å². The number of hydrogen-bond donors (Lipinski definition) is 2. The normalized spacial score (nSPS) is 10.7. The van der Waals surface area contributed by atoms with Gasteiger partial charge in [0.2, 0.25) is 0 Å². The van der Waals surface area contributed by atoms with Gasteiger partial charge in [0.25, 0.3) is 5.56 Å². The first-order chi connectivity index (χ1) is 15.6. The summed E-state index contributed by atoms with van der Waals surface area (Å²) in [5, 5.41) is 3.81. The lowest BCUT2D eigenvalue weighted by atomic mass is 10.1. The van der Waals surface area contributed by atoms with Gasteiger partial charge >= 0.3 is 6.03 Å². The Morgan fingerprint density at radius 2 is 1.69 bits per heavy atom. The summed E-state index contributed by atoms with van der Waals surface area (Å²) in [6.45, 7) is 0.672. The number of carbonyl (C=O) groups is 1. The van der Waals surface area contributed by atoms with Gasteiger partial charge in [-0.05, 0) is 47.7 Å². The van der Waals surface area contributed by atoms with Crippen molar-refractivity contribution in [2.24, 2.45) is 0 Å². The first-order valence-corrected chi connectivity index (χ1v) is 10.5. The van der Waals surface area contributed by atoms with E-state index in [4.69, 9.17) is 4.74 Å². The first-order valence-electron chi connectivity index (χ1n) is 10.5. The lowest BCUT2D eigenvalue weighted by Gasteiger charge is -2.23. The second-order valence-corrected chi connectivity index (χ2v) is 7.53. The standard InChI is InChI=1S/C26H25N3O3/c1-32-23-13-12-20-16-21(25(30)28-24(20)17-23)18-29(15-14-19-8-4-2-5-9-19)26(31)27-22-10-6-3-7-11-22/h2-13,16-17H,14-15,18H2,1H3,(H,27,31)(H,28,30). The van der Waals surface area contributed by atoms with Gasteiger partial charge in [0, 0.05) is 23.9 Å². The first kappa shape index (κ1) is 21.2. The SMILES string of the molecule is COc1ccc2cc(CN(CCc3ccccc3)C(=O)Nc3ccccc3)c(=O)[nH]c2c1. The van der Waals surface area contributed by atoms with Crippen LogP contribution < -0.4 is 15.6 Å². The Morgan fingerprint density at radius 1 is 0.969 bits per heavy atom. The number of benzene rings is 3. The molecule has 162 valence electrons. The minimum atomic E-state index is -0.249. The van der Waals surface area contributed by atoms with Gasteiger partial charge in [0.05, 0.1) is 19.2 Å². The highest BCUT2D eigenvalue weighted by molar-refractivity contribution is 5.89. The molecule has 3 aromatic carbocycles. The summed E-state index contributed by atoms with van der Waals surface area (Å²) in [6, 6.07) is 26.4. The summed E-state index contributed by atoms with van der Waals surface area (Å²) in [5.41, 5.74) is 2.84. The third-order valence-electron chi connectivity index (χ3n) is 5.32. The number of ether oxygens (including phenoxy) is 1. The molecule has 0 saturated heterocycles. The van der Waals surface area contributed by atoms with Crippen LogP contribution in [-0.4, -0.2) is 29.6 Å². The van der Waals surface area contributed by atoms with Gasteiger partial charge in [-0.1, -0.05) is 48.5 Å². The molecule has 0 bridgehead atoms. The fourth-order valence-electron chi connectivity index (χ4n) is 3.56. The van der Waals surface area contributed by atoms with Crippen molar-refractivity contribution in [2.75, 3.05) is 19.0 Å². The van der Waals surface area contributed by atoms with E-state index in [0.717, 1.165) is 10.9 Å². The molecule has 0 radical (unpaired) electrons. The van der Waals surface area contributed by atoms with E-state index in [0.29, 0.717) is 35.5 Å². The van der Waals surface area contributed by atoms with Gasteiger partial charge in [0.15, 0.2) is 0 Å². The van der Waals surface area contributed by atoms with Crippen LogP contribution in [0.15, 0.2) is 89.7 Å². The molecule has 0 spiro atoms. The lowest BCUT2D eigenvalue weighted by Crippen LogP contribution is -2.37. The number of aromatic nitrogens is 1. The number of urea groups is 1. The Hall–Kier alpha value is -4.06. The van der Waals surface area contributed by atoms with Crippen molar-refractivity contribution >= 4 is 22.6 Å². The van der Waals surface area contributed by atoms with Crippen LogP contribution in [0, 0.1) is 0 Å². The highest BCUT2D eigenvalue weighted by atomic mass is 16.5. The molecule has 0 saturated carbocycles. The number of H-pyrrole nitrogens is 1. The monoisotopic (exact) mass is 427 g/mol. The van der Waals surface area contributed by atoms with E-state index < -0.39 is 0 Å². The fourth-order valence-corrected chi connectivity index (χ4v) is 3.56. The Kier molecular flexibility index (Phi) is 6.51. The van der Waals surface area contributed by atoms with E-state index in [-0.39, 0.29) is 18.1 Å². The smallest absolute Gasteiger partial charge is 0.322 e. The van der Waals surface area contributed by atoms with E-state index in [1.807, 2.05) is 78.9 Å². The summed E-state index contributed by atoms with van der Waals surface area (Å²) in [5.74, 6) is 0.674. The van der Waals surface area contributed by atoms with Crippen molar-refractivity contribution in [2.45, 2.75) is 13.0 Å². The number of carbonyl (C=O) groups excluding carboxylic acids is 1. The van der Waals surface area contributed by atoms with Gasteiger partial charge in [-0.3, -0.25) is 4.79 Å². The molecular formula is C26H25N3O3. The molecular weight excluding hydrogens is 402 g/mol. The molecule has 2 N–H and O–H groups in total. The number of nitrogens with one attached hydrogen (secondary N) is 2. The van der Waals surface area contributed by atoms with Crippen LogP contribution >= 0.6 is 0 Å². The predicted octanol–water partition coefficient (Wildman–Crippen LogP) is 4.81. The van der Waals surface area contributed by atoms with E-state index >= 15 is 0 Å². The second-order valence-electron chi connectivity index (χ2n) is 7.53. The molecule has 6 nitrogen and oxygen atoms in total. The van der Waals surface area contributed by atoms with Crippen LogP contribution in [0.2, 0.25) is 0 Å². The molecule has 0 aliphatic heterocycles. The van der Waals surface area contributed by atoms with Crippen molar-refractivity contribution < 1.29 is 9.53 Å². The van der Waals surface area contributed by atoms with Gasteiger partial charge in [-0.15, -0.1) is 0 Å². The molecule has 4 rings (SSSR count). The van der Waals surface area contributed by atoms with Gasteiger partial charge in [-0.25, -0.2) is 4.79 Å². The number of nitrogens with zero attached hydrogens (tertiary/aromatic N) is 1. The maximum Gasteiger partial charge on any atom is 0.322 e. The number of rotatable bonds is 7. The summed E-state index contributed by atoms with van der Waals surface area (Å²) in [4.78, 5) is 30.4. The molecule has 2 amide bonds. The molecule has 4 aromatic rings. The summed E-state index contributed by atoms with van der Waals surface area (Å²) in [7, 11) is 1.59. The molecule has 6 heteroatoms. The Morgan fingerprint density at radius 3 is 2.41 bits per heavy atom. The zero-order valence-electron chi connectivity index (χ0n) is 17.9. The Balaban J connectivity index is 1.59. The van der Waals surface area contributed by atoms with Crippen molar-refractivity contribution in [3.8, 4) is 5.75 Å². The maximum atomic E-state index is 13.1. The number of amides is 2. The van der Waals surface area contributed by atoms with Crippen molar-refractivity contribution in [1.29, 1.82) is 0 Å².